The van der Waals surface area contributed by atoms with Gasteiger partial charge in [-0.15, -0.1) is 0 Å². The maximum Gasteiger partial charge on any atom is 0.309 e. The molecule has 0 radical (unpaired) electrons. The van der Waals surface area contributed by atoms with Crippen LogP contribution in [0.4, 0.5) is 0 Å². The van der Waals surface area contributed by atoms with Gasteiger partial charge in [0.05, 0.1) is 25.7 Å². The fourth-order valence-corrected chi connectivity index (χ4v) is 3.67. The van der Waals surface area contributed by atoms with Crippen molar-refractivity contribution in [1.82, 2.24) is 9.80 Å². The van der Waals surface area contributed by atoms with Crippen molar-refractivity contribution in [3.8, 4) is 5.75 Å². The molecule has 7 heteroatoms. The number of carbonyl (C=O) groups excluding carboxylic acids is 3. The van der Waals surface area contributed by atoms with Crippen LogP contribution in [0.2, 0.25) is 0 Å². The van der Waals surface area contributed by atoms with Crippen molar-refractivity contribution in [3.05, 3.63) is 29.8 Å². The number of nitrogens with zero attached hydrogens (tertiary/aromatic N) is 2. The van der Waals surface area contributed by atoms with Crippen molar-refractivity contribution < 1.29 is 23.9 Å². The third-order valence-corrected chi connectivity index (χ3v) is 5.79. The first-order chi connectivity index (χ1) is 15.1. The van der Waals surface area contributed by atoms with Crippen LogP contribution < -0.4 is 4.74 Å². The zero-order chi connectivity index (χ0) is 23.7. The average molecular weight is 447 g/mol. The second-order valence-electron chi connectivity index (χ2n) is 9.38. The highest BCUT2D eigenvalue weighted by Gasteiger charge is 2.28. The first-order valence-corrected chi connectivity index (χ1v) is 11.5. The Hall–Kier alpha value is -2.57. The molecule has 1 aromatic carbocycles. The van der Waals surface area contributed by atoms with Gasteiger partial charge in [0, 0.05) is 26.6 Å². The predicted octanol–water partition coefficient (Wildman–Crippen LogP) is 3.40. The highest BCUT2D eigenvalue weighted by Crippen LogP contribution is 2.24. The minimum Gasteiger partial charge on any atom is -0.494 e. The van der Waals surface area contributed by atoms with E-state index in [0.29, 0.717) is 52.0 Å². The lowest BCUT2D eigenvalue weighted by Crippen LogP contribution is -2.45. The van der Waals surface area contributed by atoms with Gasteiger partial charge < -0.3 is 19.3 Å². The van der Waals surface area contributed by atoms with Crippen molar-refractivity contribution in [2.24, 2.45) is 5.92 Å². The van der Waals surface area contributed by atoms with Crippen LogP contribution in [0, 0.1) is 5.92 Å². The van der Waals surface area contributed by atoms with Crippen LogP contribution >= 0.6 is 0 Å². The van der Waals surface area contributed by atoms with Crippen molar-refractivity contribution in [2.75, 3.05) is 39.9 Å². The van der Waals surface area contributed by atoms with Gasteiger partial charge in [-0.1, -0.05) is 32.9 Å². The van der Waals surface area contributed by atoms with Gasteiger partial charge in [-0.2, -0.15) is 0 Å². The summed E-state index contributed by atoms with van der Waals surface area (Å²) in [5.41, 5.74) is 1.35. The van der Waals surface area contributed by atoms with Gasteiger partial charge in [0.15, 0.2) is 0 Å². The molecular formula is C25H38N2O5. The average Bonchev–Trinajstić information content (AvgIpc) is 2.76. The Morgan fingerprint density at radius 1 is 1.09 bits per heavy atom. The molecule has 32 heavy (non-hydrogen) atoms. The Morgan fingerprint density at radius 3 is 2.28 bits per heavy atom. The number of esters is 1. The summed E-state index contributed by atoms with van der Waals surface area (Å²) in [5, 5.41) is 0. The molecule has 1 aliphatic rings. The normalized spacial score (nSPS) is 14.7. The van der Waals surface area contributed by atoms with Gasteiger partial charge in [-0.25, -0.2) is 0 Å². The lowest BCUT2D eigenvalue weighted by molar-refractivity contribution is -0.151. The summed E-state index contributed by atoms with van der Waals surface area (Å²) in [4.78, 5) is 39.9. The smallest absolute Gasteiger partial charge is 0.309 e. The molecule has 1 heterocycles. The molecule has 0 saturated carbocycles. The lowest BCUT2D eigenvalue weighted by atomic mass is 9.87. The molecule has 1 saturated heterocycles. The number of likely N-dealkylation sites (tertiary alicyclic amines) is 1. The topological polar surface area (TPSA) is 76.2 Å². The van der Waals surface area contributed by atoms with Crippen LogP contribution in [0.3, 0.4) is 0 Å². The summed E-state index contributed by atoms with van der Waals surface area (Å²) >= 11 is 0. The Morgan fingerprint density at radius 2 is 1.72 bits per heavy atom. The van der Waals surface area contributed by atoms with Gasteiger partial charge in [-0.3, -0.25) is 14.4 Å². The van der Waals surface area contributed by atoms with E-state index in [1.165, 1.54) is 10.5 Å². The second kappa shape index (κ2) is 11.9. The number of hydrogen-bond donors (Lipinski definition) is 0. The summed E-state index contributed by atoms with van der Waals surface area (Å²) in [6, 6.07) is 8.04. The van der Waals surface area contributed by atoms with Crippen LogP contribution in [-0.4, -0.2) is 67.5 Å². The molecule has 0 unspecified atom stereocenters. The standard InChI is InChI=1S/C25H38N2O5/c1-6-31-24(30)19-13-15-27(16-14-19)23(29)18-26(5)22(28)8-7-17-32-21-11-9-20(10-12-21)25(2,3)4/h9-12,19H,6-8,13-18H2,1-5H3. The van der Waals surface area contributed by atoms with Crippen LogP contribution in [0.5, 0.6) is 5.75 Å². The predicted molar refractivity (Wildman–Crippen MR) is 123 cm³/mol. The van der Waals surface area contributed by atoms with Crippen molar-refractivity contribution in [1.29, 1.82) is 0 Å². The van der Waals surface area contributed by atoms with Crippen molar-refractivity contribution >= 4 is 17.8 Å². The van der Waals surface area contributed by atoms with E-state index in [-0.39, 0.29) is 35.7 Å². The fourth-order valence-electron chi connectivity index (χ4n) is 3.67. The molecule has 1 fully saturated rings. The number of benzene rings is 1. The van der Waals surface area contributed by atoms with Crippen LogP contribution in [0.15, 0.2) is 24.3 Å². The largest absolute Gasteiger partial charge is 0.494 e. The minimum absolute atomic E-state index is 0.0536. The van der Waals surface area contributed by atoms with Gasteiger partial charge in [-0.05, 0) is 49.3 Å². The van der Waals surface area contributed by atoms with Gasteiger partial charge in [0.1, 0.15) is 5.75 Å². The molecule has 0 N–H and O–H groups in total. The highest BCUT2D eigenvalue weighted by atomic mass is 16.5. The molecule has 2 rings (SSSR count). The number of ether oxygens (including phenoxy) is 2. The van der Waals surface area contributed by atoms with Gasteiger partial charge in [0.2, 0.25) is 11.8 Å². The molecule has 0 atom stereocenters. The molecule has 0 bridgehead atoms. The summed E-state index contributed by atoms with van der Waals surface area (Å²) in [6.45, 7) is 10.2. The van der Waals surface area contributed by atoms with E-state index < -0.39 is 0 Å². The molecule has 1 aliphatic heterocycles. The maximum atomic E-state index is 12.5. The first kappa shape index (κ1) is 25.7. The number of hydrogen-bond acceptors (Lipinski definition) is 5. The Kier molecular flexibility index (Phi) is 9.54. The van der Waals surface area contributed by atoms with E-state index in [9.17, 15) is 14.4 Å². The van der Waals surface area contributed by atoms with E-state index in [0.717, 1.165) is 5.75 Å². The zero-order valence-corrected chi connectivity index (χ0v) is 20.2. The van der Waals surface area contributed by atoms with Crippen molar-refractivity contribution in [3.63, 3.8) is 0 Å². The molecule has 0 aromatic heterocycles. The molecule has 0 spiro atoms. The number of rotatable bonds is 9. The zero-order valence-electron chi connectivity index (χ0n) is 20.2. The van der Waals surface area contributed by atoms with Crippen LogP contribution in [0.25, 0.3) is 0 Å². The Labute approximate surface area is 192 Å². The summed E-state index contributed by atoms with van der Waals surface area (Å²) < 4.78 is 10.8. The Bertz CT molecular complexity index is 762. The number of piperidine rings is 1. The lowest BCUT2D eigenvalue weighted by Gasteiger charge is -2.32. The fraction of sp³-hybridized carbons (Fsp3) is 0.640. The minimum atomic E-state index is -0.181. The molecule has 178 valence electrons. The first-order valence-electron chi connectivity index (χ1n) is 11.5. The summed E-state index contributed by atoms with van der Waals surface area (Å²) in [6.07, 6.45) is 2.13. The molecule has 0 aliphatic carbocycles. The number of amides is 2. The molecule has 2 amide bonds. The SMILES string of the molecule is CCOC(=O)C1CCN(C(=O)CN(C)C(=O)CCCOc2ccc(C(C)(C)C)cc2)CC1. The van der Waals surface area contributed by atoms with E-state index in [1.807, 2.05) is 12.1 Å². The quantitative estimate of drug-likeness (QED) is 0.429. The third-order valence-electron chi connectivity index (χ3n) is 5.79. The monoisotopic (exact) mass is 446 g/mol. The number of likely N-dealkylation sites (N-methyl/N-ethyl adjacent to an activating group) is 1. The molecule has 7 nitrogen and oxygen atoms in total. The van der Waals surface area contributed by atoms with E-state index in [4.69, 9.17) is 9.47 Å². The summed E-state index contributed by atoms with van der Waals surface area (Å²) in [5.74, 6) is 0.312. The second-order valence-corrected chi connectivity index (χ2v) is 9.38. The maximum absolute atomic E-state index is 12.5. The van der Waals surface area contributed by atoms with Crippen LogP contribution in [0.1, 0.15) is 58.9 Å². The van der Waals surface area contributed by atoms with Crippen molar-refractivity contribution in [2.45, 2.75) is 58.8 Å². The number of carbonyl (C=O) groups is 3. The van der Waals surface area contributed by atoms with E-state index >= 15 is 0 Å². The van der Waals surface area contributed by atoms with E-state index in [2.05, 4.69) is 32.9 Å². The van der Waals surface area contributed by atoms with Gasteiger partial charge >= 0.3 is 5.97 Å². The third kappa shape index (κ3) is 7.84. The van der Waals surface area contributed by atoms with E-state index in [1.54, 1.807) is 18.9 Å². The van der Waals surface area contributed by atoms with Gasteiger partial charge in [0.25, 0.3) is 0 Å². The Balaban J connectivity index is 1.66. The molecule has 1 aromatic rings. The van der Waals surface area contributed by atoms with Crippen LogP contribution in [-0.2, 0) is 24.5 Å². The molecular weight excluding hydrogens is 408 g/mol. The summed E-state index contributed by atoms with van der Waals surface area (Å²) in [7, 11) is 1.65. The highest BCUT2D eigenvalue weighted by molar-refractivity contribution is 5.85.